The molecule has 0 saturated heterocycles. The number of carbonyl (C=O) groups excluding carboxylic acids is 1. The van der Waals surface area contributed by atoms with Gasteiger partial charge in [0.15, 0.2) is 5.58 Å². The van der Waals surface area contributed by atoms with E-state index in [-0.39, 0.29) is 11.9 Å². The zero-order valence-corrected chi connectivity index (χ0v) is 14.1. The smallest absolute Gasteiger partial charge is 0.251 e. The summed E-state index contributed by atoms with van der Waals surface area (Å²) in [6.07, 6.45) is 3.43. The highest BCUT2D eigenvalue weighted by Gasteiger charge is 2.14. The fourth-order valence-corrected chi connectivity index (χ4v) is 3.08. The van der Waals surface area contributed by atoms with Gasteiger partial charge in [0.2, 0.25) is 0 Å². The molecule has 4 aromatic rings. The third-order valence-corrected chi connectivity index (χ3v) is 4.43. The molecule has 1 atom stereocenters. The third kappa shape index (κ3) is 2.87. The topological polar surface area (TPSA) is 55.1 Å². The Hall–Kier alpha value is -3.14. The number of furan rings is 1. The molecule has 0 saturated carbocycles. The lowest BCUT2D eigenvalue weighted by Gasteiger charge is -2.15. The molecule has 0 aliphatic rings. The first-order valence-electron chi connectivity index (χ1n) is 8.25. The van der Waals surface area contributed by atoms with Crippen molar-refractivity contribution in [3.05, 3.63) is 77.6 Å². The summed E-state index contributed by atoms with van der Waals surface area (Å²) in [6, 6.07) is 15.5. The van der Waals surface area contributed by atoms with Crippen LogP contribution in [0.15, 0.2) is 65.3 Å². The lowest BCUT2D eigenvalue weighted by molar-refractivity contribution is 0.0940. The van der Waals surface area contributed by atoms with E-state index in [1.54, 1.807) is 18.5 Å². The lowest BCUT2D eigenvalue weighted by Crippen LogP contribution is -2.26. The summed E-state index contributed by atoms with van der Waals surface area (Å²) in [5.74, 6) is -0.116. The molecule has 2 aromatic carbocycles. The van der Waals surface area contributed by atoms with E-state index in [9.17, 15) is 4.79 Å². The number of amides is 1. The van der Waals surface area contributed by atoms with Crippen molar-refractivity contribution in [2.75, 3.05) is 0 Å². The number of rotatable bonds is 3. The van der Waals surface area contributed by atoms with Crippen LogP contribution in [-0.2, 0) is 0 Å². The number of pyridine rings is 1. The number of fused-ring (bicyclic) bond motifs is 3. The average molecular weight is 330 g/mol. The summed E-state index contributed by atoms with van der Waals surface area (Å²) < 4.78 is 5.81. The van der Waals surface area contributed by atoms with E-state index in [4.69, 9.17) is 4.42 Å². The second kappa shape index (κ2) is 6.06. The fourth-order valence-electron chi connectivity index (χ4n) is 3.08. The first-order chi connectivity index (χ1) is 12.1. The van der Waals surface area contributed by atoms with E-state index < -0.39 is 0 Å². The van der Waals surface area contributed by atoms with Gasteiger partial charge in [0, 0.05) is 22.5 Å². The van der Waals surface area contributed by atoms with Crippen molar-refractivity contribution in [1.29, 1.82) is 0 Å². The Labute approximate surface area is 145 Å². The van der Waals surface area contributed by atoms with Gasteiger partial charge in [-0.15, -0.1) is 0 Å². The summed E-state index contributed by atoms with van der Waals surface area (Å²) in [4.78, 5) is 16.7. The number of carbonyl (C=O) groups is 1. The van der Waals surface area contributed by atoms with Gasteiger partial charge in [-0.25, -0.2) is 0 Å². The predicted molar refractivity (Wildman–Crippen MR) is 98.6 cm³/mol. The van der Waals surface area contributed by atoms with Gasteiger partial charge in [-0.05, 0) is 43.7 Å². The molecule has 1 N–H and O–H groups in total. The first kappa shape index (κ1) is 15.4. The molecule has 0 spiro atoms. The van der Waals surface area contributed by atoms with E-state index in [1.807, 2.05) is 50.2 Å². The van der Waals surface area contributed by atoms with Crippen LogP contribution in [0.2, 0.25) is 0 Å². The molecule has 2 heterocycles. The number of hydrogen-bond donors (Lipinski definition) is 1. The SMILES string of the molecule is Cc1cccc([C@@H](C)NC(=O)c2ccc3c(c2)oc2cnccc23)c1. The van der Waals surface area contributed by atoms with Crippen LogP contribution >= 0.6 is 0 Å². The van der Waals surface area contributed by atoms with E-state index in [2.05, 4.69) is 16.4 Å². The van der Waals surface area contributed by atoms with E-state index >= 15 is 0 Å². The maximum Gasteiger partial charge on any atom is 0.251 e. The van der Waals surface area contributed by atoms with Crippen LogP contribution in [0.5, 0.6) is 0 Å². The minimum atomic E-state index is -0.116. The van der Waals surface area contributed by atoms with Gasteiger partial charge in [-0.1, -0.05) is 29.8 Å². The van der Waals surface area contributed by atoms with Crippen molar-refractivity contribution < 1.29 is 9.21 Å². The summed E-state index contributed by atoms with van der Waals surface area (Å²) in [7, 11) is 0. The molecule has 0 aliphatic heterocycles. The van der Waals surface area contributed by atoms with Gasteiger partial charge in [0.25, 0.3) is 5.91 Å². The van der Waals surface area contributed by atoms with Crippen molar-refractivity contribution >= 4 is 27.8 Å². The van der Waals surface area contributed by atoms with Crippen LogP contribution in [0, 0.1) is 6.92 Å². The molecule has 0 bridgehead atoms. The van der Waals surface area contributed by atoms with Crippen molar-refractivity contribution in [2.24, 2.45) is 0 Å². The molecule has 4 heteroatoms. The monoisotopic (exact) mass is 330 g/mol. The molecule has 0 fully saturated rings. The number of aryl methyl sites for hydroxylation is 1. The van der Waals surface area contributed by atoms with Crippen LogP contribution in [0.4, 0.5) is 0 Å². The van der Waals surface area contributed by atoms with E-state index in [0.29, 0.717) is 11.1 Å². The van der Waals surface area contributed by atoms with Crippen LogP contribution in [0.3, 0.4) is 0 Å². The normalized spacial score (nSPS) is 12.4. The maximum atomic E-state index is 12.6. The number of benzene rings is 2. The Bertz CT molecular complexity index is 1080. The van der Waals surface area contributed by atoms with Gasteiger partial charge in [-0.2, -0.15) is 0 Å². The Balaban J connectivity index is 1.62. The van der Waals surface area contributed by atoms with Crippen molar-refractivity contribution in [1.82, 2.24) is 10.3 Å². The third-order valence-electron chi connectivity index (χ3n) is 4.43. The van der Waals surface area contributed by atoms with Crippen molar-refractivity contribution in [3.63, 3.8) is 0 Å². The largest absolute Gasteiger partial charge is 0.454 e. The van der Waals surface area contributed by atoms with E-state index in [1.165, 1.54) is 5.56 Å². The number of aromatic nitrogens is 1. The van der Waals surface area contributed by atoms with Gasteiger partial charge in [0.1, 0.15) is 5.58 Å². The van der Waals surface area contributed by atoms with Crippen molar-refractivity contribution in [2.45, 2.75) is 19.9 Å². The van der Waals surface area contributed by atoms with Gasteiger partial charge < -0.3 is 9.73 Å². The molecular weight excluding hydrogens is 312 g/mol. The lowest BCUT2D eigenvalue weighted by atomic mass is 10.0. The first-order valence-corrected chi connectivity index (χ1v) is 8.25. The Morgan fingerprint density at radius 3 is 2.76 bits per heavy atom. The second-order valence-corrected chi connectivity index (χ2v) is 6.29. The minimum absolute atomic E-state index is 0.0667. The predicted octanol–water partition coefficient (Wildman–Crippen LogP) is 4.78. The summed E-state index contributed by atoms with van der Waals surface area (Å²) in [5, 5.41) is 5.04. The molecule has 124 valence electrons. The van der Waals surface area contributed by atoms with Gasteiger partial charge in [-0.3, -0.25) is 9.78 Å². The van der Waals surface area contributed by atoms with Gasteiger partial charge >= 0.3 is 0 Å². The molecular formula is C21H18N2O2. The molecule has 2 aromatic heterocycles. The molecule has 4 nitrogen and oxygen atoms in total. The second-order valence-electron chi connectivity index (χ2n) is 6.29. The quantitative estimate of drug-likeness (QED) is 0.588. The highest BCUT2D eigenvalue weighted by Crippen LogP contribution is 2.28. The minimum Gasteiger partial charge on any atom is -0.454 e. The molecule has 0 aliphatic carbocycles. The van der Waals surface area contributed by atoms with Crippen LogP contribution < -0.4 is 5.32 Å². The molecule has 1 amide bonds. The number of nitrogens with zero attached hydrogens (tertiary/aromatic N) is 1. The molecule has 25 heavy (non-hydrogen) atoms. The summed E-state index contributed by atoms with van der Waals surface area (Å²) >= 11 is 0. The fraction of sp³-hybridized carbons (Fsp3) is 0.143. The van der Waals surface area contributed by atoms with Gasteiger partial charge in [0.05, 0.1) is 12.2 Å². The zero-order chi connectivity index (χ0) is 17.4. The molecule has 4 rings (SSSR count). The maximum absolute atomic E-state index is 12.6. The Morgan fingerprint density at radius 2 is 1.92 bits per heavy atom. The standard InChI is InChI=1S/C21H18N2O2/c1-13-4-3-5-15(10-13)14(2)23-21(24)16-6-7-17-18-8-9-22-12-20(18)25-19(17)11-16/h3-12,14H,1-2H3,(H,23,24)/t14-/m1/s1. The summed E-state index contributed by atoms with van der Waals surface area (Å²) in [6.45, 7) is 4.03. The molecule has 0 radical (unpaired) electrons. The van der Waals surface area contributed by atoms with Crippen LogP contribution in [0.1, 0.15) is 34.5 Å². The average Bonchev–Trinajstić information content (AvgIpc) is 2.99. The molecule has 0 unspecified atom stereocenters. The summed E-state index contributed by atoms with van der Waals surface area (Å²) in [5.41, 5.74) is 4.27. The number of nitrogens with one attached hydrogen (secondary N) is 1. The zero-order valence-electron chi connectivity index (χ0n) is 14.1. The Kier molecular flexibility index (Phi) is 3.73. The van der Waals surface area contributed by atoms with E-state index in [0.717, 1.165) is 21.9 Å². The van der Waals surface area contributed by atoms with Crippen LogP contribution in [0.25, 0.3) is 21.9 Å². The Morgan fingerprint density at radius 1 is 1.08 bits per heavy atom. The highest BCUT2D eigenvalue weighted by atomic mass is 16.3. The highest BCUT2D eigenvalue weighted by molar-refractivity contribution is 6.07. The van der Waals surface area contributed by atoms with Crippen LogP contribution in [-0.4, -0.2) is 10.9 Å². The van der Waals surface area contributed by atoms with Crippen molar-refractivity contribution in [3.8, 4) is 0 Å². The number of hydrogen-bond acceptors (Lipinski definition) is 3.